The molecule has 2 heterocycles. The third-order valence-electron chi connectivity index (χ3n) is 5.86. The van der Waals surface area contributed by atoms with Crippen molar-refractivity contribution < 1.29 is 9.47 Å². The molecule has 2 aliphatic rings. The lowest BCUT2D eigenvalue weighted by molar-refractivity contribution is -0.589. The van der Waals surface area contributed by atoms with Gasteiger partial charge in [-0.05, 0) is 25.0 Å². The standard InChI is InChI=1S/C23H21N3O2/c27-25-19-12-6-5-9-17(19)13-14-20(25)22-21(18-10-3-1-4-11-18)24-23(26(22)28)15-7-2-8-16-23/h1,3-6,9-14H,2,7-8,15-16H2. The first-order valence-electron chi connectivity index (χ1n) is 9.81. The number of hydrogen-bond acceptors (Lipinski definition) is 3. The Labute approximate surface area is 163 Å². The maximum Gasteiger partial charge on any atom is 0.312 e. The smallest absolute Gasteiger partial charge is 0.312 e. The fourth-order valence-electron chi connectivity index (χ4n) is 4.42. The molecule has 140 valence electrons. The Hall–Kier alpha value is -3.21. The molecular weight excluding hydrogens is 350 g/mol. The molecule has 0 saturated heterocycles. The van der Waals surface area contributed by atoms with E-state index in [2.05, 4.69) is 0 Å². The number of pyridine rings is 1. The van der Waals surface area contributed by atoms with Gasteiger partial charge in [0, 0.05) is 35.9 Å². The number of hydroxylamine groups is 1. The Morgan fingerprint density at radius 3 is 2.29 bits per heavy atom. The van der Waals surface area contributed by atoms with E-state index in [1.54, 1.807) is 12.1 Å². The number of nitrogens with zero attached hydrogens (tertiary/aromatic N) is 3. The quantitative estimate of drug-likeness (QED) is 0.506. The highest BCUT2D eigenvalue weighted by molar-refractivity contribution is 6.51. The molecule has 3 aromatic rings. The molecule has 0 atom stereocenters. The third-order valence-corrected chi connectivity index (χ3v) is 5.86. The van der Waals surface area contributed by atoms with Crippen LogP contribution < -0.4 is 4.73 Å². The fourth-order valence-corrected chi connectivity index (χ4v) is 4.42. The van der Waals surface area contributed by atoms with Crippen molar-refractivity contribution in [2.75, 3.05) is 0 Å². The highest BCUT2D eigenvalue weighted by atomic mass is 16.5. The van der Waals surface area contributed by atoms with E-state index in [9.17, 15) is 10.4 Å². The molecule has 28 heavy (non-hydrogen) atoms. The normalized spacial score (nSPS) is 18.6. The number of benzene rings is 2. The van der Waals surface area contributed by atoms with Crippen LogP contribution in [0.25, 0.3) is 10.9 Å². The van der Waals surface area contributed by atoms with Crippen LogP contribution in [0.3, 0.4) is 0 Å². The maximum atomic E-state index is 13.6. The zero-order valence-corrected chi connectivity index (χ0v) is 15.5. The summed E-state index contributed by atoms with van der Waals surface area (Å²) in [4.78, 5) is 4.95. The monoisotopic (exact) mass is 371 g/mol. The highest BCUT2D eigenvalue weighted by Gasteiger charge is 2.50. The van der Waals surface area contributed by atoms with Crippen LogP contribution in [0.2, 0.25) is 0 Å². The largest absolute Gasteiger partial charge is 0.621 e. The maximum absolute atomic E-state index is 13.6. The fraction of sp³-hybridized carbons (Fsp3) is 0.261. The lowest BCUT2D eigenvalue weighted by atomic mass is 9.90. The van der Waals surface area contributed by atoms with Crippen molar-refractivity contribution in [1.29, 1.82) is 0 Å². The Bertz CT molecular complexity index is 1110. The number of para-hydroxylation sites is 1. The molecule has 0 bridgehead atoms. The molecule has 1 fully saturated rings. The predicted octanol–water partition coefficient (Wildman–Crippen LogP) is 3.94. The summed E-state index contributed by atoms with van der Waals surface area (Å²) in [5, 5.41) is 27.6. The molecule has 1 spiro atoms. The van der Waals surface area contributed by atoms with E-state index in [0.717, 1.165) is 52.5 Å². The molecule has 0 N–H and O–H groups in total. The van der Waals surface area contributed by atoms with Gasteiger partial charge in [0.2, 0.25) is 5.52 Å². The summed E-state index contributed by atoms with van der Waals surface area (Å²) < 4.78 is 1.89. The van der Waals surface area contributed by atoms with Crippen molar-refractivity contribution in [1.82, 2.24) is 0 Å². The van der Waals surface area contributed by atoms with Gasteiger partial charge in [0.25, 0.3) is 11.4 Å². The summed E-state index contributed by atoms with van der Waals surface area (Å²) in [6.45, 7) is 0. The lowest BCUT2D eigenvalue weighted by Gasteiger charge is -2.28. The second kappa shape index (κ2) is 6.44. The van der Waals surface area contributed by atoms with Gasteiger partial charge in [0.05, 0.1) is 0 Å². The van der Waals surface area contributed by atoms with E-state index in [0.29, 0.717) is 22.6 Å². The predicted molar refractivity (Wildman–Crippen MR) is 109 cm³/mol. The summed E-state index contributed by atoms with van der Waals surface area (Å²) in [6.07, 6.45) is 4.53. The Morgan fingerprint density at radius 1 is 0.786 bits per heavy atom. The van der Waals surface area contributed by atoms with E-state index in [1.807, 2.05) is 54.6 Å². The molecule has 1 aromatic heterocycles. The molecule has 2 aromatic carbocycles. The van der Waals surface area contributed by atoms with Gasteiger partial charge >= 0.3 is 5.71 Å². The molecule has 1 aliphatic carbocycles. The van der Waals surface area contributed by atoms with Crippen molar-refractivity contribution in [3.63, 3.8) is 0 Å². The topological polar surface area (TPSA) is 65.4 Å². The minimum absolute atomic E-state index is 0.360. The lowest BCUT2D eigenvalue weighted by Crippen LogP contribution is -2.43. The second-order valence-corrected chi connectivity index (χ2v) is 7.58. The van der Waals surface area contributed by atoms with Crippen LogP contribution in [0, 0.1) is 10.4 Å². The average molecular weight is 371 g/mol. The summed E-state index contributed by atoms with van der Waals surface area (Å²) in [5.41, 5.74) is 2.01. The van der Waals surface area contributed by atoms with E-state index in [4.69, 9.17) is 4.99 Å². The molecule has 0 unspecified atom stereocenters. The van der Waals surface area contributed by atoms with Gasteiger partial charge < -0.3 is 10.4 Å². The minimum atomic E-state index is -0.780. The second-order valence-electron chi connectivity index (χ2n) is 7.58. The van der Waals surface area contributed by atoms with Gasteiger partial charge in [-0.15, -0.1) is 0 Å². The first-order valence-corrected chi connectivity index (χ1v) is 9.81. The van der Waals surface area contributed by atoms with Crippen molar-refractivity contribution in [2.45, 2.75) is 37.8 Å². The van der Waals surface area contributed by atoms with Gasteiger partial charge in [-0.1, -0.05) is 48.9 Å². The molecule has 1 aliphatic heterocycles. The number of fused-ring (bicyclic) bond motifs is 1. The minimum Gasteiger partial charge on any atom is -0.621 e. The Morgan fingerprint density at radius 2 is 1.50 bits per heavy atom. The number of hydrogen-bond donors (Lipinski definition) is 0. The van der Waals surface area contributed by atoms with Crippen LogP contribution in [-0.2, 0) is 0 Å². The van der Waals surface area contributed by atoms with Gasteiger partial charge in [-0.3, -0.25) is 0 Å². The van der Waals surface area contributed by atoms with Crippen LogP contribution in [0.4, 0.5) is 0 Å². The molecule has 5 heteroatoms. The van der Waals surface area contributed by atoms with Crippen LogP contribution >= 0.6 is 0 Å². The number of rotatable bonds is 2. The zero-order valence-electron chi connectivity index (χ0n) is 15.5. The van der Waals surface area contributed by atoms with E-state index >= 15 is 0 Å². The SMILES string of the molecule is [O-][N+]1=C(c2ccc3ccccc3[n+]2[O-])C(c2ccccc2)=NC12CCCCC2. The van der Waals surface area contributed by atoms with Crippen molar-refractivity contribution >= 4 is 22.3 Å². The Balaban J connectivity index is 1.76. The van der Waals surface area contributed by atoms with Crippen LogP contribution in [-0.4, -0.2) is 21.8 Å². The number of aromatic nitrogens is 1. The van der Waals surface area contributed by atoms with Crippen molar-refractivity contribution in [3.05, 3.63) is 88.4 Å². The summed E-state index contributed by atoms with van der Waals surface area (Å²) in [7, 11) is 0. The first-order chi connectivity index (χ1) is 13.7. The van der Waals surface area contributed by atoms with Gasteiger partial charge in [-0.2, -0.15) is 9.47 Å². The van der Waals surface area contributed by atoms with Crippen LogP contribution in [0.1, 0.15) is 43.4 Å². The molecule has 5 nitrogen and oxygen atoms in total. The van der Waals surface area contributed by atoms with Gasteiger partial charge in [0.1, 0.15) is 0 Å². The Kier molecular flexibility index (Phi) is 3.90. The van der Waals surface area contributed by atoms with E-state index in [1.165, 1.54) is 0 Å². The molecule has 0 amide bonds. The molecule has 1 saturated carbocycles. The molecule has 5 rings (SSSR count). The van der Waals surface area contributed by atoms with E-state index < -0.39 is 5.66 Å². The molecular formula is C23H21N3O2. The van der Waals surface area contributed by atoms with Gasteiger partial charge in [0.15, 0.2) is 5.71 Å². The molecule has 0 radical (unpaired) electrons. The third kappa shape index (κ3) is 2.50. The first kappa shape index (κ1) is 16.9. The van der Waals surface area contributed by atoms with E-state index in [-0.39, 0.29) is 0 Å². The summed E-state index contributed by atoms with van der Waals surface area (Å²) in [6, 6.07) is 20.8. The van der Waals surface area contributed by atoms with Crippen molar-refractivity contribution in [3.8, 4) is 0 Å². The van der Waals surface area contributed by atoms with Gasteiger partial charge in [-0.25, -0.2) is 4.99 Å². The highest BCUT2D eigenvalue weighted by Crippen LogP contribution is 2.37. The average Bonchev–Trinajstić information content (AvgIpc) is 3.02. The summed E-state index contributed by atoms with van der Waals surface area (Å²) >= 11 is 0. The van der Waals surface area contributed by atoms with Crippen LogP contribution in [0.15, 0.2) is 71.7 Å². The number of aliphatic imine (C=N–C) groups is 1. The zero-order chi connectivity index (χ0) is 19.1. The van der Waals surface area contributed by atoms with Crippen LogP contribution in [0.5, 0.6) is 0 Å². The summed E-state index contributed by atoms with van der Waals surface area (Å²) in [5.74, 6) is 0. The van der Waals surface area contributed by atoms with Crippen molar-refractivity contribution in [2.24, 2.45) is 4.99 Å².